The molecule has 0 radical (unpaired) electrons. The zero-order valence-corrected chi connectivity index (χ0v) is 17.1. The van der Waals surface area contributed by atoms with Gasteiger partial charge in [0.15, 0.2) is 0 Å². The lowest BCUT2D eigenvalue weighted by molar-refractivity contribution is 0.391. The van der Waals surface area contributed by atoms with E-state index >= 15 is 0 Å². The lowest BCUT2D eigenvalue weighted by atomic mass is 10.2. The van der Waals surface area contributed by atoms with Gasteiger partial charge >= 0.3 is 0 Å². The van der Waals surface area contributed by atoms with E-state index < -0.39 is 16.2 Å². The Bertz CT molecular complexity index is 972. The summed E-state index contributed by atoms with van der Waals surface area (Å²) < 4.78 is 33.1. The van der Waals surface area contributed by atoms with Crippen LogP contribution in [0.1, 0.15) is 18.4 Å². The number of ether oxygens (including phenoxy) is 1. The number of halogens is 3. The molecule has 1 atom stereocenters. The Morgan fingerprint density at radius 1 is 1.19 bits per heavy atom. The van der Waals surface area contributed by atoms with Crippen molar-refractivity contribution in [2.45, 2.75) is 23.9 Å². The van der Waals surface area contributed by atoms with E-state index in [0.29, 0.717) is 29.4 Å². The van der Waals surface area contributed by atoms with Crippen LogP contribution in [0.4, 0.5) is 0 Å². The number of nitrogens with two attached hydrogens (primary N) is 1. The van der Waals surface area contributed by atoms with Gasteiger partial charge in [-0.15, -0.1) is 12.4 Å². The number of rotatable bonds is 4. The predicted octanol–water partition coefficient (Wildman–Crippen LogP) is 4.15. The SMILES string of the molecule is Cl.N#Cc1ccc(Oc2cc(Cl)cc(Cl)c2)c(S(=O)(=O)N2CCCC2N)c1. The molecule has 0 spiro atoms. The van der Waals surface area contributed by atoms with Crippen molar-refractivity contribution in [3.8, 4) is 17.6 Å². The summed E-state index contributed by atoms with van der Waals surface area (Å²) in [5, 5.41) is 9.85. The largest absolute Gasteiger partial charge is 0.456 e. The second kappa shape index (κ2) is 8.65. The molecule has 2 aromatic carbocycles. The quantitative estimate of drug-likeness (QED) is 0.758. The van der Waals surface area contributed by atoms with Crippen LogP contribution in [0, 0.1) is 11.3 Å². The van der Waals surface area contributed by atoms with Crippen molar-refractivity contribution in [2.75, 3.05) is 6.54 Å². The molecule has 0 amide bonds. The van der Waals surface area contributed by atoms with E-state index in [1.165, 1.54) is 40.7 Å². The third kappa shape index (κ3) is 4.66. The maximum Gasteiger partial charge on any atom is 0.248 e. The van der Waals surface area contributed by atoms with Crippen LogP contribution in [0.2, 0.25) is 10.0 Å². The van der Waals surface area contributed by atoms with Gasteiger partial charge in [0, 0.05) is 16.6 Å². The van der Waals surface area contributed by atoms with Gasteiger partial charge in [-0.05, 0) is 49.2 Å². The Kier molecular flexibility index (Phi) is 6.98. The smallest absolute Gasteiger partial charge is 0.248 e. The van der Waals surface area contributed by atoms with Crippen molar-refractivity contribution < 1.29 is 13.2 Å². The standard InChI is InChI=1S/C17H15Cl2N3O3S.ClH/c18-12-7-13(19)9-14(8-12)25-15-4-3-11(10-20)6-16(15)26(23,24)22-5-1-2-17(22)21;/h3-4,6-9,17H,1-2,5,21H2;1H. The van der Waals surface area contributed by atoms with Crippen LogP contribution in [0.25, 0.3) is 0 Å². The van der Waals surface area contributed by atoms with Gasteiger partial charge in [0.05, 0.1) is 17.8 Å². The average Bonchev–Trinajstić information content (AvgIpc) is 3.01. The molecule has 3 rings (SSSR count). The number of hydrogen-bond donors (Lipinski definition) is 1. The topological polar surface area (TPSA) is 96.4 Å². The minimum atomic E-state index is -3.93. The molecule has 2 N–H and O–H groups in total. The van der Waals surface area contributed by atoms with Gasteiger partial charge in [0.2, 0.25) is 10.0 Å². The zero-order valence-electron chi connectivity index (χ0n) is 13.9. The van der Waals surface area contributed by atoms with E-state index in [9.17, 15) is 8.42 Å². The van der Waals surface area contributed by atoms with Crippen molar-refractivity contribution in [3.63, 3.8) is 0 Å². The molecule has 0 aliphatic carbocycles. The lowest BCUT2D eigenvalue weighted by Gasteiger charge is -2.22. The summed E-state index contributed by atoms with van der Waals surface area (Å²) in [4.78, 5) is -0.120. The van der Waals surface area contributed by atoms with Gasteiger partial charge in [-0.2, -0.15) is 9.57 Å². The molecule has 0 bridgehead atoms. The van der Waals surface area contributed by atoms with Crippen LogP contribution >= 0.6 is 35.6 Å². The number of nitriles is 1. The molecule has 1 unspecified atom stereocenters. The Morgan fingerprint density at radius 2 is 1.85 bits per heavy atom. The highest BCUT2D eigenvalue weighted by atomic mass is 35.5. The van der Waals surface area contributed by atoms with Gasteiger partial charge in [-0.3, -0.25) is 0 Å². The van der Waals surface area contributed by atoms with E-state index in [-0.39, 0.29) is 34.4 Å². The summed E-state index contributed by atoms with van der Waals surface area (Å²) in [6.45, 7) is 0.322. The lowest BCUT2D eigenvalue weighted by Crippen LogP contribution is -2.41. The number of benzene rings is 2. The summed E-state index contributed by atoms with van der Waals surface area (Å²) in [7, 11) is -3.93. The fourth-order valence-electron chi connectivity index (χ4n) is 2.77. The Hall–Kier alpha value is -1.53. The van der Waals surface area contributed by atoms with Gasteiger partial charge in [0.1, 0.15) is 16.4 Å². The van der Waals surface area contributed by atoms with Crippen LogP contribution < -0.4 is 10.5 Å². The molecule has 1 saturated heterocycles. The van der Waals surface area contributed by atoms with Crippen LogP contribution in [0.15, 0.2) is 41.3 Å². The van der Waals surface area contributed by atoms with Crippen LogP contribution in [-0.4, -0.2) is 25.4 Å². The Morgan fingerprint density at radius 3 is 2.41 bits per heavy atom. The summed E-state index contributed by atoms with van der Waals surface area (Å²) in [5.74, 6) is 0.357. The highest BCUT2D eigenvalue weighted by Gasteiger charge is 2.35. The summed E-state index contributed by atoms with van der Waals surface area (Å²) >= 11 is 11.9. The minimum absolute atomic E-state index is 0. The molecular weight excluding hydrogens is 433 g/mol. The van der Waals surface area contributed by atoms with Crippen molar-refractivity contribution in [1.82, 2.24) is 4.31 Å². The summed E-state index contributed by atoms with van der Waals surface area (Å²) in [5.41, 5.74) is 6.12. The van der Waals surface area contributed by atoms with Gasteiger partial charge in [-0.1, -0.05) is 23.2 Å². The van der Waals surface area contributed by atoms with Gasteiger partial charge in [-0.25, -0.2) is 8.42 Å². The van der Waals surface area contributed by atoms with E-state index in [2.05, 4.69) is 0 Å². The Labute approximate surface area is 173 Å². The highest BCUT2D eigenvalue weighted by molar-refractivity contribution is 7.89. The summed E-state index contributed by atoms with van der Waals surface area (Å²) in [6.07, 6.45) is 0.662. The number of sulfonamides is 1. The predicted molar refractivity (Wildman–Crippen MR) is 106 cm³/mol. The number of hydrogen-bond acceptors (Lipinski definition) is 5. The normalized spacial score (nSPS) is 17.2. The van der Waals surface area contributed by atoms with Crippen LogP contribution in [0.5, 0.6) is 11.5 Å². The van der Waals surface area contributed by atoms with Crippen molar-refractivity contribution in [2.24, 2.45) is 5.73 Å². The molecule has 144 valence electrons. The first-order chi connectivity index (χ1) is 12.3. The fourth-order valence-corrected chi connectivity index (χ4v) is 5.00. The second-order valence-electron chi connectivity index (χ2n) is 5.81. The van der Waals surface area contributed by atoms with Gasteiger partial charge in [0.25, 0.3) is 0 Å². The zero-order chi connectivity index (χ0) is 18.9. The first-order valence-corrected chi connectivity index (χ1v) is 9.96. The van der Waals surface area contributed by atoms with Crippen LogP contribution in [0.3, 0.4) is 0 Å². The Balaban J connectivity index is 0.00000261. The van der Waals surface area contributed by atoms with E-state index in [0.717, 1.165) is 0 Å². The third-order valence-corrected chi connectivity index (χ3v) is 6.35. The molecule has 2 aromatic rings. The summed E-state index contributed by atoms with van der Waals surface area (Å²) in [6, 6.07) is 10.7. The molecule has 1 aliphatic heterocycles. The number of nitrogens with zero attached hydrogens (tertiary/aromatic N) is 2. The second-order valence-corrected chi connectivity index (χ2v) is 8.54. The third-order valence-electron chi connectivity index (χ3n) is 3.97. The van der Waals surface area contributed by atoms with Crippen molar-refractivity contribution >= 4 is 45.6 Å². The first kappa shape index (κ1) is 21.8. The fraction of sp³-hybridized carbons (Fsp3) is 0.235. The molecule has 0 saturated carbocycles. The van der Waals surface area contributed by atoms with E-state index in [1.807, 2.05) is 6.07 Å². The maximum atomic E-state index is 13.1. The molecule has 0 aromatic heterocycles. The molecular formula is C17H16Cl3N3O3S. The molecule has 27 heavy (non-hydrogen) atoms. The van der Waals surface area contributed by atoms with E-state index in [4.69, 9.17) is 38.9 Å². The molecule has 1 fully saturated rings. The maximum absolute atomic E-state index is 13.1. The molecule has 10 heteroatoms. The van der Waals surface area contributed by atoms with Gasteiger partial charge < -0.3 is 10.5 Å². The first-order valence-electron chi connectivity index (χ1n) is 7.77. The molecule has 6 nitrogen and oxygen atoms in total. The van der Waals surface area contributed by atoms with Crippen molar-refractivity contribution in [3.05, 3.63) is 52.0 Å². The van der Waals surface area contributed by atoms with Crippen molar-refractivity contribution in [1.29, 1.82) is 5.26 Å². The molecule has 1 aliphatic rings. The monoisotopic (exact) mass is 447 g/mol. The highest BCUT2D eigenvalue weighted by Crippen LogP contribution is 2.35. The molecule has 1 heterocycles. The minimum Gasteiger partial charge on any atom is -0.456 e. The van der Waals surface area contributed by atoms with E-state index in [1.54, 1.807) is 0 Å². The van der Waals surface area contributed by atoms with Crippen LogP contribution in [-0.2, 0) is 10.0 Å². The average molecular weight is 449 g/mol.